The fraction of sp³-hybridized carbons (Fsp3) is 0.545. The number of fused-ring (bicyclic) bond motifs is 2. The lowest BCUT2D eigenvalue weighted by Crippen LogP contribution is -2.28. The molecule has 0 aliphatic heterocycles. The smallest absolute Gasteiger partial charge is 0.226 e. The van der Waals surface area contributed by atoms with Gasteiger partial charge in [0, 0.05) is 17.5 Å². The average Bonchev–Trinajstić information content (AvgIpc) is 3.44. The second-order valence-corrected chi connectivity index (χ2v) is 8.82. The van der Waals surface area contributed by atoms with Crippen LogP contribution in [0, 0.1) is 17.8 Å². The Morgan fingerprint density at radius 1 is 1.21 bits per heavy atom. The second-order valence-electron chi connectivity index (χ2n) is 7.96. The second kappa shape index (κ2) is 8.52. The summed E-state index contributed by atoms with van der Waals surface area (Å²) in [6.45, 7) is 0.791. The monoisotopic (exact) mass is 400 g/mol. The molecule has 3 unspecified atom stereocenters. The number of carbonyl (C=O) groups excluding carboxylic acids is 1. The molecule has 0 spiro atoms. The van der Waals surface area contributed by atoms with Crippen molar-refractivity contribution in [3.05, 3.63) is 29.3 Å². The highest BCUT2D eigenvalue weighted by Gasteiger charge is 2.38. The van der Waals surface area contributed by atoms with Gasteiger partial charge in [-0.3, -0.25) is 4.79 Å². The van der Waals surface area contributed by atoms with E-state index < -0.39 is 0 Å². The molecule has 150 valence electrons. The summed E-state index contributed by atoms with van der Waals surface area (Å²) in [5.74, 6) is 4.15. The van der Waals surface area contributed by atoms with Gasteiger partial charge in [0.15, 0.2) is 11.5 Å². The summed E-state index contributed by atoms with van der Waals surface area (Å²) in [5, 5.41) is 5.93. The lowest BCUT2D eigenvalue weighted by atomic mass is 9.86. The van der Waals surface area contributed by atoms with Gasteiger partial charge in [-0.05, 0) is 61.6 Å². The standard InChI is InChI=1S/C22H28N2O3S/c1-26-19-6-5-17(11-20(19)27-2)22-24-18(13-28-22)12-21(25)23-8-7-16-10-14-3-4-15(16)9-14/h5-6,11,13-16H,3-4,7-10,12H2,1-2H3,(H,23,25). The first-order valence-corrected chi connectivity index (χ1v) is 11.0. The molecular weight excluding hydrogens is 372 g/mol. The van der Waals surface area contributed by atoms with Crippen LogP contribution in [0.3, 0.4) is 0 Å². The lowest BCUT2D eigenvalue weighted by Gasteiger charge is -2.21. The minimum Gasteiger partial charge on any atom is -0.493 e. The quantitative estimate of drug-likeness (QED) is 0.717. The predicted octanol–water partition coefficient (Wildman–Crippen LogP) is 4.31. The topological polar surface area (TPSA) is 60.5 Å². The van der Waals surface area contributed by atoms with Crippen molar-refractivity contribution in [2.45, 2.75) is 38.5 Å². The van der Waals surface area contributed by atoms with Crippen LogP contribution in [0.1, 0.15) is 37.8 Å². The summed E-state index contributed by atoms with van der Waals surface area (Å²) >= 11 is 1.54. The Hall–Kier alpha value is -2.08. The summed E-state index contributed by atoms with van der Waals surface area (Å²) in [6, 6.07) is 5.74. The van der Waals surface area contributed by atoms with Gasteiger partial charge in [0.05, 0.1) is 26.3 Å². The third kappa shape index (κ3) is 4.17. The number of ether oxygens (including phenoxy) is 2. The Bertz CT molecular complexity index is 835. The molecule has 1 N–H and O–H groups in total. The maximum atomic E-state index is 12.3. The lowest BCUT2D eigenvalue weighted by molar-refractivity contribution is -0.120. The first-order valence-electron chi connectivity index (χ1n) is 10.1. The average molecular weight is 401 g/mol. The first-order chi connectivity index (χ1) is 13.7. The van der Waals surface area contributed by atoms with Crippen molar-refractivity contribution in [3.63, 3.8) is 0 Å². The molecule has 1 aromatic heterocycles. The molecular formula is C22H28N2O3S. The Labute approximate surface area is 170 Å². The van der Waals surface area contributed by atoms with Gasteiger partial charge in [0.2, 0.25) is 5.91 Å². The fourth-order valence-corrected chi connectivity index (χ4v) is 5.66. The number of benzene rings is 1. The molecule has 2 aliphatic carbocycles. The number of methoxy groups -OCH3 is 2. The van der Waals surface area contributed by atoms with Crippen LogP contribution in [0.15, 0.2) is 23.6 Å². The highest BCUT2D eigenvalue weighted by Crippen LogP contribution is 2.49. The number of hydrogen-bond acceptors (Lipinski definition) is 5. The summed E-state index contributed by atoms with van der Waals surface area (Å²) in [6.07, 6.45) is 7.10. The molecule has 0 saturated heterocycles. The summed E-state index contributed by atoms with van der Waals surface area (Å²) < 4.78 is 10.6. The van der Waals surface area contributed by atoms with Crippen LogP contribution in [-0.4, -0.2) is 31.7 Å². The minimum atomic E-state index is 0.0623. The summed E-state index contributed by atoms with van der Waals surface area (Å²) in [4.78, 5) is 16.9. The van der Waals surface area contributed by atoms with Crippen molar-refractivity contribution in [2.75, 3.05) is 20.8 Å². The van der Waals surface area contributed by atoms with Crippen LogP contribution < -0.4 is 14.8 Å². The van der Waals surface area contributed by atoms with Crippen molar-refractivity contribution in [1.29, 1.82) is 0 Å². The zero-order valence-electron chi connectivity index (χ0n) is 16.6. The van der Waals surface area contributed by atoms with Gasteiger partial charge >= 0.3 is 0 Å². The molecule has 2 saturated carbocycles. The number of nitrogens with one attached hydrogen (secondary N) is 1. The molecule has 28 heavy (non-hydrogen) atoms. The van der Waals surface area contributed by atoms with E-state index >= 15 is 0 Å². The van der Waals surface area contributed by atoms with E-state index in [1.54, 1.807) is 25.6 Å². The normalized spacial score (nSPS) is 23.0. The van der Waals surface area contributed by atoms with Gasteiger partial charge in [-0.25, -0.2) is 4.98 Å². The number of amides is 1. The Morgan fingerprint density at radius 3 is 2.79 bits per heavy atom. The van der Waals surface area contributed by atoms with Crippen LogP contribution in [-0.2, 0) is 11.2 Å². The fourth-order valence-electron chi connectivity index (χ4n) is 4.84. The zero-order valence-corrected chi connectivity index (χ0v) is 17.4. The number of carbonyl (C=O) groups is 1. The molecule has 5 nitrogen and oxygen atoms in total. The molecule has 0 radical (unpaired) electrons. The molecule has 1 heterocycles. The third-order valence-corrected chi connectivity index (χ3v) is 7.19. The van der Waals surface area contributed by atoms with Crippen molar-refractivity contribution in [2.24, 2.45) is 17.8 Å². The van der Waals surface area contributed by atoms with Gasteiger partial charge in [-0.1, -0.05) is 6.42 Å². The van der Waals surface area contributed by atoms with Gasteiger partial charge in [0.1, 0.15) is 5.01 Å². The Balaban J connectivity index is 1.29. The van der Waals surface area contributed by atoms with Crippen molar-refractivity contribution >= 4 is 17.2 Å². The van der Waals surface area contributed by atoms with Crippen LogP contribution in [0.4, 0.5) is 0 Å². The van der Waals surface area contributed by atoms with E-state index in [4.69, 9.17) is 9.47 Å². The molecule has 6 heteroatoms. The van der Waals surface area contributed by atoms with Crippen LogP contribution in [0.25, 0.3) is 10.6 Å². The van der Waals surface area contributed by atoms with Gasteiger partial charge in [0.25, 0.3) is 0 Å². The highest BCUT2D eigenvalue weighted by molar-refractivity contribution is 7.13. The minimum absolute atomic E-state index is 0.0623. The van der Waals surface area contributed by atoms with Gasteiger partial charge in [-0.15, -0.1) is 11.3 Å². The number of aromatic nitrogens is 1. The van der Waals surface area contributed by atoms with E-state index in [0.717, 1.165) is 47.0 Å². The molecule has 2 aliphatic rings. The molecule has 2 aromatic rings. The van der Waals surface area contributed by atoms with Crippen molar-refractivity contribution in [1.82, 2.24) is 10.3 Å². The summed E-state index contributed by atoms with van der Waals surface area (Å²) in [7, 11) is 3.24. The highest BCUT2D eigenvalue weighted by atomic mass is 32.1. The predicted molar refractivity (Wildman–Crippen MR) is 111 cm³/mol. The molecule has 2 bridgehead atoms. The molecule has 1 aromatic carbocycles. The summed E-state index contributed by atoms with van der Waals surface area (Å²) in [5.41, 5.74) is 1.78. The SMILES string of the molecule is COc1ccc(-c2nc(CC(=O)NCCC3CC4CCC3C4)cs2)cc1OC. The van der Waals surface area contributed by atoms with E-state index in [1.807, 2.05) is 23.6 Å². The molecule has 2 fully saturated rings. The van der Waals surface area contributed by atoms with E-state index in [-0.39, 0.29) is 5.91 Å². The number of nitrogens with zero attached hydrogens (tertiary/aromatic N) is 1. The largest absolute Gasteiger partial charge is 0.493 e. The van der Waals surface area contributed by atoms with E-state index in [9.17, 15) is 4.79 Å². The Kier molecular flexibility index (Phi) is 5.85. The maximum Gasteiger partial charge on any atom is 0.226 e. The molecule has 1 amide bonds. The third-order valence-electron chi connectivity index (χ3n) is 6.25. The van der Waals surface area contributed by atoms with Crippen LogP contribution >= 0.6 is 11.3 Å². The van der Waals surface area contributed by atoms with E-state index in [1.165, 1.54) is 25.7 Å². The molecule has 3 atom stereocenters. The molecule has 4 rings (SSSR count). The number of hydrogen-bond donors (Lipinski definition) is 1. The van der Waals surface area contributed by atoms with Crippen molar-refractivity contribution < 1.29 is 14.3 Å². The number of thiazole rings is 1. The van der Waals surface area contributed by atoms with Gasteiger partial charge in [-0.2, -0.15) is 0 Å². The van der Waals surface area contributed by atoms with Crippen LogP contribution in [0.2, 0.25) is 0 Å². The maximum absolute atomic E-state index is 12.3. The zero-order chi connectivity index (χ0) is 19.5. The number of rotatable bonds is 8. The Morgan fingerprint density at radius 2 is 2.07 bits per heavy atom. The van der Waals surface area contributed by atoms with Crippen molar-refractivity contribution in [3.8, 4) is 22.1 Å². The van der Waals surface area contributed by atoms with E-state index in [0.29, 0.717) is 17.9 Å². The first kappa shape index (κ1) is 19.2. The van der Waals surface area contributed by atoms with Crippen LogP contribution in [0.5, 0.6) is 11.5 Å². The van der Waals surface area contributed by atoms with E-state index in [2.05, 4.69) is 10.3 Å². The van der Waals surface area contributed by atoms with Gasteiger partial charge < -0.3 is 14.8 Å².